The van der Waals surface area contributed by atoms with Crippen LogP contribution >= 0.6 is 0 Å². The van der Waals surface area contributed by atoms with Gasteiger partial charge in [0.05, 0.1) is 0 Å². The number of benzene rings is 4. The van der Waals surface area contributed by atoms with Crippen molar-refractivity contribution in [1.82, 2.24) is 0 Å². The van der Waals surface area contributed by atoms with Crippen LogP contribution in [0.2, 0.25) is 0 Å². The van der Waals surface area contributed by atoms with Crippen molar-refractivity contribution in [3.05, 3.63) is 120 Å². The Balaban J connectivity index is 1.57. The van der Waals surface area contributed by atoms with Crippen LogP contribution in [-0.2, 0) is 0 Å². The molecule has 0 N–H and O–H groups in total. The fourth-order valence-electron chi connectivity index (χ4n) is 3.50. The van der Waals surface area contributed by atoms with Gasteiger partial charge in [-0.15, -0.1) is 0 Å². The SMILES string of the molecule is CCC(c1cccc(Oc2ccccc2)c1)c1cccc(Oc2ccccc2)c1. The van der Waals surface area contributed by atoms with Gasteiger partial charge in [0.25, 0.3) is 0 Å². The molecule has 0 amide bonds. The predicted octanol–water partition coefficient (Wildman–Crippen LogP) is 7.81. The molecule has 0 radical (unpaired) electrons. The summed E-state index contributed by atoms with van der Waals surface area (Å²) in [6.07, 6.45) is 0.990. The monoisotopic (exact) mass is 380 g/mol. The van der Waals surface area contributed by atoms with Crippen molar-refractivity contribution in [3.8, 4) is 23.0 Å². The molecule has 4 aromatic rings. The summed E-state index contributed by atoms with van der Waals surface area (Å²) in [6.45, 7) is 2.21. The molecule has 29 heavy (non-hydrogen) atoms. The largest absolute Gasteiger partial charge is 0.457 e. The van der Waals surface area contributed by atoms with Gasteiger partial charge in [-0.1, -0.05) is 67.6 Å². The van der Waals surface area contributed by atoms with E-state index in [0.29, 0.717) is 0 Å². The highest BCUT2D eigenvalue weighted by molar-refractivity contribution is 5.42. The smallest absolute Gasteiger partial charge is 0.127 e. The van der Waals surface area contributed by atoms with Crippen LogP contribution in [0.1, 0.15) is 30.4 Å². The van der Waals surface area contributed by atoms with E-state index in [0.717, 1.165) is 29.4 Å². The average Bonchev–Trinajstić information content (AvgIpc) is 2.76. The Kier molecular flexibility index (Phi) is 5.92. The van der Waals surface area contributed by atoms with Gasteiger partial charge in [0.1, 0.15) is 23.0 Å². The summed E-state index contributed by atoms with van der Waals surface area (Å²) in [6, 6.07) is 36.5. The first-order valence-corrected chi connectivity index (χ1v) is 9.97. The zero-order valence-electron chi connectivity index (χ0n) is 16.5. The van der Waals surface area contributed by atoms with Crippen molar-refractivity contribution in [3.63, 3.8) is 0 Å². The maximum atomic E-state index is 6.03. The van der Waals surface area contributed by atoms with E-state index in [1.807, 2.05) is 72.8 Å². The molecule has 0 aliphatic carbocycles. The van der Waals surface area contributed by atoms with E-state index in [9.17, 15) is 0 Å². The van der Waals surface area contributed by atoms with Crippen molar-refractivity contribution >= 4 is 0 Å². The van der Waals surface area contributed by atoms with E-state index in [1.54, 1.807) is 0 Å². The lowest BCUT2D eigenvalue weighted by Gasteiger charge is -2.18. The normalized spacial score (nSPS) is 10.7. The summed E-state index contributed by atoms with van der Waals surface area (Å²) in [5.41, 5.74) is 2.47. The third kappa shape index (κ3) is 4.85. The van der Waals surface area contributed by atoms with Gasteiger partial charge in [0.2, 0.25) is 0 Å². The second kappa shape index (κ2) is 9.11. The number of para-hydroxylation sites is 2. The second-order valence-electron chi connectivity index (χ2n) is 6.94. The number of hydrogen-bond donors (Lipinski definition) is 0. The molecule has 0 aromatic heterocycles. The minimum absolute atomic E-state index is 0.272. The maximum Gasteiger partial charge on any atom is 0.127 e. The first kappa shape index (κ1) is 18.8. The summed E-state index contributed by atoms with van der Waals surface area (Å²) >= 11 is 0. The van der Waals surface area contributed by atoms with E-state index in [4.69, 9.17) is 9.47 Å². The molecule has 0 aliphatic heterocycles. The highest BCUT2D eigenvalue weighted by Crippen LogP contribution is 2.33. The lowest BCUT2D eigenvalue weighted by molar-refractivity contribution is 0.480. The molecule has 0 saturated heterocycles. The Morgan fingerprint density at radius 1 is 0.517 bits per heavy atom. The zero-order chi connectivity index (χ0) is 19.9. The minimum Gasteiger partial charge on any atom is -0.457 e. The number of hydrogen-bond acceptors (Lipinski definition) is 2. The molecule has 0 bridgehead atoms. The Morgan fingerprint density at radius 3 is 1.34 bits per heavy atom. The van der Waals surface area contributed by atoms with Crippen LogP contribution in [0.4, 0.5) is 0 Å². The van der Waals surface area contributed by atoms with Crippen molar-refractivity contribution in [2.45, 2.75) is 19.3 Å². The maximum absolute atomic E-state index is 6.03. The van der Waals surface area contributed by atoms with Crippen LogP contribution in [0, 0.1) is 0 Å². The first-order valence-electron chi connectivity index (χ1n) is 9.97. The van der Waals surface area contributed by atoms with Gasteiger partial charge in [-0.05, 0) is 66.1 Å². The molecule has 144 valence electrons. The van der Waals surface area contributed by atoms with Crippen LogP contribution in [0.3, 0.4) is 0 Å². The molecular weight excluding hydrogens is 356 g/mol. The Morgan fingerprint density at radius 2 is 0.931 bits per heavy atom. The molecule has 0 spiro atoms. The Labute approximate surface area is 172 Å². The van der Waals surface area contributed by atoms with Crippen LogP contribution in [0.25, 0.3) is 0 Å². The first-order chi connectivity index (χ1) is 14.3. The minimum atomic E-state index is 0.272. The molecule has 4 rings (SSSR count). The molecule has 0 fully saturated rings. The van der Waals surface area contributed by atoms with E-state index < -0.39 is 0 Å². The van der Waals surface area contributed by atoms with Crippen molar-refractivity contribution in [2.75, 3.05) is 0 Å². The van der Waals surface area contributed by atoms with Crippen LogP contribution in [-0.4, -0.2) is 0 Å². The van der Waals surface area contributed by atoms with Crippen molar-refractivity contribution in [2.24, 2.45) is 0 Å². The zero-order valence-corrected chi connectivity index (χ0v) is 16.5. The summed E-state index contributed by atoms with van der Waals surface area (Å²) in [4.78, 5) is 0. The number of ether oxygens (including phenoxy) is 2. The highest BCUT2D eigenvalue weighted by Gasteiger charge is 2.14. The van der Waals surface area contributed by atoms with Crippen LogP contribution < -0.4 is 9.47 Å². The van der Waals surface area contributed by atoms with Gasteiger partial charge in [-0.2, -0.15) is 0 Å². The predicted molar refractivity (Wildman–Crippen MR) is 118 cm³/mol. The lowest BCUT2D eigenvalue weighted by atomic mass is 9.89. The van der Waals surface area contributed by atoms with Gasteiger partial charge >= 0.3 is 0 Å². The van der Waals surface area contributed by atoms with Crippen molar-refractivity contribution < 1.29 is 9.47 Å². The molecule has 0 heterocycles. The number of rotatable bonds is 7. The third-order valence-electron chi connectivity index (χ3n) is 4.89. The molecular formula is C27H24O2. The fourth-order valence-corrected chi connectivity index (χ4v) is 3.50. The lowest BCUT2D eigenvalue weighted by Crippen LogP contribution is -2.00. The summed E-state index contributed by atoms with van der Waals surface area (Å²) < 4.78 is 12.1. The van der Waals surface area contributed by atoms with Gasteiger partial charge in [-0.3, -0.25) is 0 Å². The molecule has 2 heteroatoms. The molecule has 4 aromatic carbocycles. The summed E-state index contributed by atoms with van der Waals surface area (Å²) in [7, 11) is 0. The topological polar surface area (TPSA) is 18.5 Å². The quantitative estimate of drug-likeness (QED) is 0.325. The second-order valence-corrected chi connectivity index (χ2v) is 6.94. The molecule has 0 aliphatic rings. The van der Waals surface area contributed by atoms with E-state index in [1.165, 1.54) is 11.1 Å². The fraction of sp³-hybridized carbons (Fsp3) is 0.111. The standard InChI is InChI=1S/C27H24O2/c1-2-27(21-11-9-17-25(19-21)28-23-13-5-3-6-14-23)22-12-10-18-26(20-22)29-24-15-7-4-8-16-24/h3-20,27H,2H2,1H3. The van der Waals surface area contributed by atoms with Crippen LogP contribution in [0.5, 0.6) is 23.0 Å². The summed E-state index contributed by atoms with van der Waals surface area (Å²) in [5.74, 6) is 3.66. The third-order valence-corrected chi connectivity index (χ3v) is 4.89. The Bertz CT molecular complexity index is 957. The van der Waals surface area contributed by atoms with E-state index >= 15 is 0 Å². The van der Waals surface area contributed by atoms with Crippen LogP contribution in [0.15, 0.2) is 109 Å². The van der Waals surface area contributed by atoms with Gasteiger partial charge in [0.15, 0.2) is 0 Å². The summed E-state index contributed by atoms with van der Waals surface area (Å²) in [5, 5.41) is 0. The average molecular weight is 380 g/mol. The van der Waals surface area contributed by atoms with Crippen molar-refractivity contribution in [1.29, 1.82) is 0 Å². The van der Waals surface area contributed by atoms with Gasteiger partial charge < -0.3 is 9.47 Å². The molecule has 0 saturated carbocycles. The van der Waals surface area contributed by atoms with E-state index in [2.05, 4.69) is 43.3 Å². The van der Waals surface area contributed by atoms with E-state index in [-0.39, 0.29) is 5.92 Å². The molecule has 0 unspecified atom stereocenters. The Hall–Kier alpha value is -3.52. The highest BCUT2D eigenvalue weighted by atomic mass is 16.5. The molecule has 0 atom stereocenters. The molecule has 2 nitrogen and oxygen atoms in total. The van der Waals surface area contributed by atoms with Gasteiger partial charge in [-0.25, -0.2) is 0 Å². The van der Waals surface area contributed by atoms with Gasteiger partial charge in [0, 0.05) is 5.92 Å².